The Hall–Kier alpha value is -1.13. The lowest BCUT2D eigenvalue weighted by molar-refractivity contribution is 0.448. The Morgan fingerprint density at radius 3 is 2.36 bits per heavy atom. The van der Waals surface area contributed by atoms with Crippen molar-refractivity contribution < 1.29 is 10.0 Å². The molecular formula is C7H9BNO2. The SMILES string of the molecule is C=Cc1ccccn1.O[B]O. The zero-order valence-corrected chi connectivity index (χ0v) is 6.01. The van der Waals surface area contributed by atoms with Crippen LogP contribution in [0.4, 0.5) is 0 Å². The van der Waals surface area contributed by atoms with Crippen molar-refractivity contribution in [3.63, 3.8) is 0 Å². The molecule has 0 amide bonds. The third-order valence-corrected chi connectivity index (χ3v) is 0.897. The molecule has 0 aliphatic rings. The quantitative estimate of drug-likeness (QED) is 0.563. The average Bonchev–Trinajstić information content (AvgIpc) is 2.08. The van der Waals surface area contributed by atoms with Crippen molar-refractivity contribution in [1.29, 1.82) is 0 Å². The van der Waals surface area contributed by atoms with Crippen molar-refractivity contribution in [2.75, 3.05) is 0 Å². The fourth-order valence-corrected chi connectivity index (χ4v) is 0.497. The number of aromatic nitrogens is 1. The Balaban J connectivity index is 0.000000292. The largest absolute Gasteiger partial charge is 0.482 e. The van der Waals surface area contributed by atoms with Crippen molar-refractivity contribution in [2.24, 2.45) is 0 Å². The monoisotopic (exact) mass is 150 g/mol. The fourth-order valence-electron chi connectivity index (χ4n) is 0.497. The van der Waals surface area contributed by atoms with Gasteiger partial charge in [-0.05, 0) is 18.2 Å². The van der Waals surface area contributed by atoms with Crippen LogP contribution in [0.5, 0.6) is 0 Å². The van der Waals surface area contributed by atoms with Crippen LogP contribution in [0.3, 0.4) is 0 Å². The molecule has 0 saturated carbocycles. The predicted octanol–water partition coefficient (Wildman–Crippen LogP) is 0.230. The highest BCUT2D eigenvalue weighted by atomic mass is 16.4. The second kappa shape index (κ2) is 6.99. The van der Waals surface area contributed by atoms with E-state index < -0.39 is 0 Å². The maximum atomic E-state index is 7.00. The van der Waals surface area contributed by atoms with E-state index in [2.05, 4.69) is 11.6 Å². The fraction of sp³-hybridized carbons (Fsp3) is 0. The molecule has 0 aromatic carbocycles. The molecule has 1 aromatic rings. The summed E-state index contributed by atoms with van der Waals surface area (Å²) in [6.07, 6.45) is 3.47. The summed E-state index contributed by atoms with van der Waals surface area (Å²) >= 11 is 0. The van der Waals surface area contributed by atoms with E-state index in [1.54, 1.807) is 12.3 Å². The first-order valence-electron chi connectivity index (χ1n) is 2.98. The molecule has 0 aliphatic carbocycles. The molecule has 0 aliphatic heterocycles. The van der Waals surface area contributed by atoms with E-state index in [0.717, 1.165) is 5.69 Å². The van der Waals surface area contributed by atoms with Gasteiger partial charge in [-0.1, -0.05) is 12.6 Å². The molecular weight excluding hydrogens is 141 g/mol. The molecule has 0 bridgehead atoms. The first-order chi connectivity index (χ1) is 5.35. The predicted molar refractivity (Wildman–Crippen MR) is 44.5 cm³/mol. The highest BCUT2D eigenvalue weighted by Gasteiger charge is 1.77. The molecule has 0 atom stereocenters. The zero-order chi connectivity index (χ0) is 8.53. The lowest BCUT2D eigenvalue weighted by Crippen LogP contribution is -1.75. The van der Waals surface area contributed by atoms with Gasteiger partial charge in [0.05, 0.1) is 5.69 Å². The van der Waals surface area contributed by atoms with E-state index >= 15 is 0 Å². The van der Waals surface area contributed by atoms with Gasteiger partial charge in [-0.2, -0.15) is 0 Å². The van der Waals surface area contributed by atoms with E-state index in [0.29, 0.717) is 0 Å². The molecule has 0 spiro atoms. The molecule has 0 unspecified atom stereocenters. The van der Waals surface area contributed by atoms with Crippen LogP contribution in [0.25, 0.3) is 6.08 Å². The molecule has 1 rings (SSSR count). The summed E-state index contributed by atoms with van der Waals surface area (Å²) in [5, 5.41) is 14.0. The first kappa shape index (κ1) is 9.87. The second-order valence-corrected chi connectivity index (χ2v) is 1.57. The number of rotatable bonds is 1. The molecule has 1 heterocycles. The third-order valence-electron chi connectivity index (χ3n) is 0.897. The lowest BCUT2D eigenvalue weighted by Gasteiger charge is -1.84. The average molecular weight is 150 g/mol. The van der Waals surface area contributed by atoms with E-state index in [9.17, 15) is 0 Å². The second-order valence-electron chi connectivity index (χ2n) is 1.57. The zero-order valence-electron chi connectivity index (χ0n) is 6.01. The molecule has 11 heavy (non-hydrogen) atoms. The van der Waals surface area contributed by atoms with Crippen LogP contribution >= 0.6 is 0 Å². The molecule has 2 N–H and O–H groups in total. The van der Waals surface area contributed by atoms with E-state index in [-0.39, 0.29) is 7.69 Å². The van der Waals surface area contributed by atoms with Crippen molar-refractivity contribution >= 4 is 13.8 Å². The van der Waals surface area contributed by atoms with Crippen LogP contribution in [-0.2, 0) is 0 Å². The van der Waals surface area contributed by atoms with Crippen LogP contribution in [-0.4, -0.2) is 22.7 Å². The minimum Gasteiger partial charge on any atom is -0.429 e. The molecule has 57 valence electrons. The summed E-state index contributed by atoms with van der Waals surface area (Å²) in [6.45, 7) is 3.57. The number of hydrogen-bond donors (Lipinski definition) is 2. The first-order valence-corrected chi connectivity index (χ1v) is 2.98. The van der Waals surface area contributed by atoms with Gasteiger partial charge in [0.15, 0.2) is 0 Å². The van der Waals surface area contributed by atoms with E-state index in [1.807, 2.05) is 18.2 Å². The third kappa shape index (κ3) is 5.33. The normalized spacial score (nSPS) is 7.45. The summed E-state index contributed by atoms with van der Waals surface area (Å²) in [7, 11) is 0. The molecule has 1 radical (unpaired) electrons. The standard InChI is InChI=1S/C7H7N.BH2O2/c1-2-7-5-3-4-6-8-7;2-1-3/h2-6H,1H2;2-3H. The van der Waals surface area contributed by atoms with Crippen LogP contribution < -0.4 is 0 Å². The minimum absolute atomic E-state index is 0. The Morgan fingerprint density at radius 1 is 1.45 bits per heavy atom. The highest BCUT2D eigenvalue weighted by molar-refractivity contribution is 6.13. The molecule has 1 aromatic heterocycles. The summed E-state index contributed by atoms with van der Waals surface area (Å²) in [5.41, 5.74) is 0.924. The van der Waals surface area contributed by atoms with Crippen molar-refractivity contribution in [1.82, 2.24) is 4.98 Å². The number of hydrogen-bond acceptors (Lipinski definition) is 3. The van der Waals surface area contributed by atoms with Gasteiger partial charge in [-0.15, -0.1) is 0 Å². The summed E-state index contributed by atoms with van der Waals surface area (Å²) in [4.78, 5) is 3.98. The maximum absolute atomic E-state index is 7.00. The summed E-state index contributed by atoms with van der Waals surface area (Å²) in [6, 6.07) is 5.73. The van der Waals surface area contributed by atoms with Crippen molar-refractivity contribution in [3.8, 4) is 0 Å². The Labute approximate surface area is 66.3 Å². The van der Waals surface area contributed by atoms with E-state index in [4.69, 9.17) is 10.0 Å². The Morgan fingerprint density at radius 2 is 2.09 bits per heavy atom. The van der Waals surface area contributed by atoms with Gasteiger partial charge in [0.25, 0.3) is 0 Å². The number of nitrogens with zero attached hydrogens (tertiary/aromatic N) is 1. The van der Waals surface area contributed by atoms with Gasteiger partial charge < -0.3 is 10.0 Å². The molecule has 3 nitrogen and oxygen atoms in total. The van der Waals surface area contributed by atoms with Crippen LogP contribution in [0, 0.1) is 0 Å². The molecule has 0 fully saturated rings. The van der Waals surface area contributed by atoms with Gasteiger partial charge in [0.1, 0.15) is 0 Å². The van der Waals surface area contributed by atoms with Crippen LogP contribution in [0.2, 0.25) is 0 Å². The van der Waals surface area contributed by atoms with Gasteiger partial charge in [-0.25, -0.2) is 0 Å². The molecule has 0 saturated heterocycles. The number of pyridine rings is 1. The van der Waals surface area contributed by atoms with Gasteiger partial charge >= 0.3 is 7.69 Å². The Bertz CT molecular complexity index is 191. The summed E-state index contributed by atoms with van der Waals surface area (Å²) in [5.74, 6) is 0. The van der Waals surface area contributed by atoms with Gasteiger partial charge in [0, 0.05) is 6.20 Å². The smallest absolute Gasteiger partial charge is 0.429 e. The molecule has 4 heteroatoms. The van der Waals surface area contributed by atoms with Crippen molar-refractivity contribution in [2.45, 2.75) is 0 Å². The highest BCUT2D eigenvalue weighted by Crippen LogP contribution is 1.91. The van der Waals surface area contributed by atoms with Gasteiger partial charge in [0.2, 0.25) is 0 Å². The minimum atomic E-state index is 0. The van der Waals surface area contributed by atoms with Crippen molar-refractivity contribution in [3.05, 3.63) is 36.7 Å². The Kier molecular flexibility index (Phi) is 6.27. The van der Waals surface area contributed by atoms with E-state index in [1.165, 1.54) is 0 Å². The topological polar surface area (TPSA) is 53.4 Å². The summed E-state index contributed by atoms with van der Waals surface area (Å²) < 4.78 is 0. The lowest BCUT2D eigenvalue weighted by atomic mass is 10.4. The van der Waals surface area contributed by atoms with Crippen LogP contribution in [0.1, 0.15) is 5.69 Å². The van der Waals surface area contributed by atoms with Gasteiger partial charge in [-0.3, -0.25) is 4.98 Å². The maximum Gasteiger partial charge on any atom is 0.482 e. The van der Waals surface area contributed by atoms with Crippen LogP contribution in [0.15, 0.2) is 31.0 Å².